The lowest BCUT2D eigenvalue weighted by Gasteiger charge is -2.21. The molecule has 112 valence electrons. The summed E-state index contributed by atoms with van der Waals surface area (Å²) in [6.07, 6.45) is -4.07. The van der Waals surface area contributed by atoms with Crippen molar-refractivity contribution in [2.24, 2.45) is 0 Å². The van der Waals surface area contributed by atoms with Crippen molar-refractivity contribution in [3.8, 4) is 0 Å². The molecule has 0 aliphatic heterocycles. The number of carbonyl (C=O) groups excluding carboxylic acids is 1. The molecule has 0 aliphatic carbocycles. The van der Waals surface area contributed by atoms with Gasteiger partial charge >= 0.3 is 18.0 Å². The zero-order chi connectivity index (χ0) is 15.6. The Kier molecular flexibility index (Phi) is 5.01. The van der Waals surface area contributed by atoms with E-state index in [1.165, 1.54) is 18.7 Å². The lowest BCUT2D eigenvalue weighted by molar-refractivity contribution is -0.270. The van der Waals surface area contributed by atoms with Crippen molar-refractivity contribution in [1.29, 1.82) is 0 Å². The van der Waals surface area contributed by atoms with Crippen LogP contribution in [-0.4, -0.2) is 24.3 Å². The van der Waals surface area contributed by atoms with Crippen molar-refractivity contribution in [2.45, 2.75) is 30.0 Å². The molecule has 2 nitrogen and oxygen atoms in total. The summed E-state index contributed by atoms with van der Waals surface area (Å²) >= 11 is 1.45. The Hall–Kier alpha value is -1.31. The van der Waals surface area contributed by atoms with Gasteiger partial charge in [0.25, 0.3) is 0 Å². The molecule has 8 heteroatoms. The summed E-state index contributed by atoms with van der Waals surface area (Å²) < 4.78 is 61.6. The Morgan fingerprint density at radius 3 is 2.05 bits per heavy atom. The molecule has 0 saturated carbocycles. The second-order valence-electron chi connectivity index (χ2n) is 4.04. The number of rotatable bonds is 4. The largest absolute Gasteiger partial charge is 0.463 e. The third kappa shape index (κ3) is 3.62. The van der Waals surface area contributed by atoms with E-state index in [9.17, 15) is 26.7 Å². The van der Waals surface area contributed by atoms with E-state index in [2.05, 4.69) is 0 Å². The van der Waals surface area contributed by atoms with Crippen molar-refractivity contribution in [1.82, 2.24) is 5.32 Å². The number of hydrogen-bond donors (Lipinski definition) is 1. The number of benzene rings is 1. The van der Waals surface area contributed by atoms with E-state index in [0.29, 0.717) is 5.56 Å². The topological polar surface area (TPSA) is 29.1 Å². The summed E-state index contributed by atoms with van der Waals surface area (Å²) in [6.45, 7) is 1.33. The minimum Gasteiger partial charge on any atom is -0.344 e. The molecule has 0 heterocycles. The van der Waals surface area contributed by atoms with Crippen LogP contribution >= 0.6 is 11.8 Å². The molecule has 0 saturated heterocycles. The maximum atomic E-state index is 12.8. The van der Waals surface area contributed by atoms with Crippen molar-refractivity contribution in [3.63, 3.8) is 0 Å². The molecule has 1 atom stereocenters. The number of carbonyl (C=O) groups is 1. The first-order chi connectivity index (χ1) is 9.09. The van der Waals surface area contributed by atoms with Crippen LogP contribution in [0.15, 0.2) is 29.2 Å². The van der Waals surface area contributed by atoms with Gasteiger partial charge in [0.1, 0.15) is 0 Å². The molecule has 0 aliphatic rings. The standard InChI is InChI=1S/C12H12F5NOS/c1-7(8-3-5-9(20-2)6-4-8)18-10(19)11(13,14)12(15,16)17/h3-7H,1-2H3,(H,18,19). The van der Waals surface area contributed by atoms with E-state index >= 15 is 0 Å². The Labute approximate surface area is 116 Å². The molecule has 1 amide bonds. The van der Waals surface area contributed by atoms with Crippen molar-refractivity contribution in [2.75, 3.05) is 6.26 Å². The highest BCUT2D eigenvalue weighted by atomic mass is 32.2. The van der Waals surface area contributed by atoms with Crippen molar-refractivity contribution >= 4 is 17.7 Å². The first kappa shape index (κ1) is 16.7. The molecule has 0 aromatic heterocycles. The van der Waals surface area contributed by atoms with Crippen LogP contribution in [0.5, 0.6) is 0 Å². The Morgan fingerprint density at radius 1 is 1.15 bits per heavy atom. The van der Waals surface area contributed by atoms with Gasteiger partial charge in [0.05, 0.1) is 6.04 Å². The van der Waals surface area contributed by atoms with Crippen molar-refractivity contribution < 1.29 is 26.7 Å². The maximum Gasteiger partial charge on any atom is 0.463 e. The van der Waals surface area contributed by atoms with Gasteiger partial charge in [0.15, 0.2) is 0 Å². The fraction of sp³-hybridized carbons (Fsp3) is 0.417. The van der Waals surface area contributed by atoms with E-state index in [1.807, 2.05) is 6.26 Å². The van der Waals surface area contributed by atoms with Crippen LogP contribution < -0.4 is 5.32 Å². The third-order valence-corrected chi connectivity index (χ3v) is 3.35. The molecular weight excluding hydrogens is 301 g/mol. The zero-order valence-electron chi connectivity index (χ0n) is 10.6. The smallest absolute Gasteiger partial charge is 0.344 e. The summed E-state index contributed by atoms with van der Waals surface area (Å²) in [5.74, 6) is -7.76. The first-order valence-electron chi connectivity index (χ1n) is 5.49. The van der Waals surface area contributed by atoms with Gasteiger partial charge in [0, 0.05) is 4.90 Å². The highest BCUT2D eigenvalue weighted by molar-refractivity contribution is 7.98. The molecule has 1 N–H and O–H groups in total. The molecule has 0 spiro atoms. The molecule has 20 heavy (non-hydrogen) atoms. The van der Waals surface area contributed by atoms with E-state index in [-0.39, 0.29) is 0 Å². The fourth-order valence-electron chi connectivity index (χ4n) is 1.39. The molecule has 1 unspecified atom stereocenters. The molecule has 1 aromatic rings. The minimum atomic E-state index is -5.90. The van der Waals surface area contributed by atoms with Crippen LogP contribution in [-0.2, 0) is 4.79 Å². The summed E-state index contributed by atoms with van der Waals surface area (Å²) in [6, 6.07) is 5.53. The summed E-state index contributed by atoms with van der Waals surface area (Å²) in [5.41, 5.74) is 0.439. The second-order valence-corrected chi connectivity index (χ2v) is 4.92. The van der Waals surface area contributed by atoms with Gasteiger partial charge < -0.3 is 5.32 Å². The Bertz CT molecular complexity index is 472. The van der Waals surface area contributed by atoms with E-state index in [1.54, 1.807) is 29.6 Å². The van der Waals surface area contributed by atoms with E-state index in [0.717, 1.165) is 4.90 Å². The van der Waals surface area contributed by atoms with Crippen LogP contribution in [0.1, 0.15) is 18.5 Å². The van der Waals surface area contributed by atoms with Gasteiger partial charge in [-0.15, -0.1) is 11.8 Å². The fourth-order valence-corrected chi connectivity index (χ4v) is 1.80. The molecule has 0 fully saturated rings. The van der Waals surface area contributed by atoms with Gasteiger partial charge in [-0.2, -0.15) is 22.0 Å². The average molecular weight is 313 g/mol. The normalized spacial score (nSPS) is 13.9. The Morgan fingerprint density at radius 2 is 1.65 bits per heavy atom. The predicted molar refractivity (Wildman–Crippen MR) is 65.8 cm³/mol. The molecule has 0 bridgehead atoms. The Balaban J connectivity index is 2.79. The van der Waals surface area contributed by atoms with Gasteiger partial charge in [0.2, 0.25) is 0 Å². The number of alkyl halides is 5. The van der Waals surface area contributed by atoms with Crippen LogP contribution in [0.25, 0.3) is 0 Å². The number of hydrogen-bond acceptors (Lipinski definition) is 2. The molecule has 1 rings (SSSR count). The first-order valence-corrected chi connectivity index (χ1v) is 6.71. The predicted octanol–water partition coefficient (Wildman–Crippen LogP) is 3.78. The second kappa shape index (κ2) is 5.99. The number of amides is 1. The van der Waals surface area contributed by atoms with Gasteiger partial charge in [-0.1, -0.05) is 12.1 Å². The lowest BCUT2D eigenvalue weighted by Crippen LogP contribution is -2.50. The highest BCUT2D eigenvalue weighted by Crippen LogP contribution is 2.36. The van der Waals surface area contributed by atoms with Gasteiger partial charge in [-0.05, 0) is 30.9 Å². The van der Waals surface area contributed by atoms with Crippen molar-refractivity contribution in [3.05, 3.63) is 29.8 Å². The van der Waals surface area contributed by atoms with Crippen LogP contribution in [0, 0.1) is 0 Å². The van der Waals surface area contributed by atoms with Gasteiger partial charge in [-0.3, -0.25) is 4.79 Å². The SMILES string of the molecule is CSc1ccc(C(C)NC(=O)C(F)(F)C(F)(F)F)cc1. The number of halogens is 5. The van der Waals surface area contributed by atoms with E-state index in [4.69, 9.17) is 0 Å². The summed E-state index contributed by atoms with van der Waals surface area (Å²) in [5, 5.41) is 1.66. The zero-order valence-corrected chi connectivity index (χ0v) is 11.4. The lowest BCUT2D eigenvalue weighted by atomic mass is 10.1. The summed E-state index contributed by atoms with van der Waals surface area (Å²) in [4.78, 5) is 11.9. The van der Waals surface area contributed by atoms with Gasteiger partial charge in [-0.25, -0.2) is 0 Å². The van der Waals surface area contributed by atoms with Crippen LogP contribution in [0.4, 0.5) is 22.0 Å². The van der Waals surface area contributed by atoms with Crippen LogP contribution in [0.2, 0.25) is 0 Å². The number of thioether (sulfide) groups is 1. The molecule has 1 aromatic carbocycles. The average Bonchev–Trinajstić information content (AvgIpc) is 2.37. The van der Waals surface area contributed by atoms with Crippen LogP contribution in [0.3, 0.4) is 0 Å². The van der Waals surface area contributed by atoms with E-state index < -0.39 is 24.0 Å². The molecule has 0 radical (unpaired) electrons. The molecular formula is C12H12F5NOS. The minimum absolute atomic E-state index is 0.439. The summed E-state index contributed by atoms with van der Waals surface area (Å²) in [7, 11) is 0. The quantitative estimate of drug-likeness (QED) is 0.677. The maximum absolute atomic E-state index is 12.8. The highest BCUT2D eigenvalue weighted by Gasteiger charge is 2.63. The number of nitrogens with one attached hydrogen (secondary N) is 1. The third-order valence-electron chi connectivity index (χ3n) is 2.60. The monoisotopic (exact) mass is 313 g/mol.